The number of rotatable bonds is 8. The van der Waals surface area contributed by atoms with Crippen molar-refractivity contribution < 1.29 is 9.53 Å². The summed E-state index contributed by atoms with van der Waals surface area (Å²) in [7, 11) is 0. The van der Waals surface area contributed by atoms with Crippen LogP contribution in [0.25, 0.3) is 17.1 Å². The first-order valence-corrected chi connectivity index (χ1v) is 11.7. The van der Waals surface area contributed by atoms with Crippen molar-refractivity contribution in [1.29, 1.82) is 0 Å². The first-order valence-electron chi connectivity index (χ1n) is 9.91. The van der Waals surface area contributed by atoms with Crippen molar-refractivity contribution in [3.05, 3.63) is 77.5 Å². The van der Waals surface area contributed by atoms with Crippen LogP contribution in [0.1, 0.15) is 6.92 Å². The van der Waals surface area contributed by atoms with Gasteiger partial charge in [0.2, 0.25) is 5.91 Å². The fourth-order valence-electron chi connectivity index (χ4n) is 3.03. The lowest BCUT2D eigenvalue weighted by atomic mass is 10.2. The Balaban J connectivity index is 1.59. The quantitative estimate of drug-likeness (QED) is 0.328. The van der Waals surface area contributed by atoms with Crippen LogP contribution in [-0.4, -0.2) is 38.0 Å². The van der Waals surface area contributed by atoms with Gasteiger partial charge >= 0.3 is 0 Å². The van der Waals surface area contributed by atoms with Gasteiger partial charge in [-0.05, 0) is 61.5 Å². The molecule has 0 saturated heterocycles. The molecule has 2 heterocycles. The van der Waals surface area contributed by atoms with Crippen molar-refractivity contribution in [1.82, 2.24) is 19.7 Å². The number of hydrogen-bond acceptors (Lipinski definition) is 6. The molecule has 1 N–H and O–H groups in total. The van der Waals surface area contributed by atoms with E-state index in [-0.39, 0.29) is 11.7 Å². The van der Waals surface area contributed by atoms with E-state index in [0.717, 1.165) is 27.2 Å². The Kier molecular flexibility index (Phi) is 7.18. The molecule has 0 radical (unpaired) electrons. The second-order valence-corrected chi connectivity index (χ2v) is 8.52. The summed E-state index contributed by atoms with van der Waals surface area (Å²) >= 11 is 4.73. The molecule has 2 aromatic carbocycles. The van der Waals surface area contributed by atoms with Gasteiger partial charge in [0.25, 0.3) is 0 Å². The maximum atomic E-state index is 12.5. The highest BCUT2D eigenvalue weighted by molar-refractivity contribution is 9.10. The first-order chi connectivity index (χ1) is 15.6. The fraction of sp³-hybridized carbons (Fsp3) is 0.130. The lowest BCUT2D eigenvalue weighted by molar-refractivity contribution is -0.113. The van der Waals surface area contributed by atoms with Crippen molar-refractivity contribution in [3.63, 3.8) is 0 Å². The molecule has 4 rings (SSSR count). The second kappa shape index (κ2) is 10.4. The second-order valence-electron chi connectivity index (χ2n) is 6.66. The average Bonchev–Trinajstić information content (AvgIpc) is 3.23. The molecular formula is C23H20BrN5O2S. The largest absolute Gasteiger partial charge is 0.494 e. The van der Waals surface area contributed by atoms with Gasteiger partial charge in [-0.3, -0.25) is 14.3 Å². The van der Waals surface area contributed by atoms with Crippen LogP contribution in [0.5, 0.6) is 5.75 Å². The summed E-state index contributed by atoms with van der Waals surface area (Å²) in [4.78, 5) is 16.7. The van der Waals surface area contributed by atoms with Crippen molar-refractivity contribution in [2.45, 2.75) is 12.1 Å². The topological polar surface area (TPSA) is 81.9 Å². The first kappa shape index (κ1) is 22.0. The minimum atomic E-state index is -0.128. The number of pyridine rings is 1. The third-order valence-corrected chi connectivity index (χ3v) is 5.82. The summed E-state index contributed by atoms with van der Waals surface area (Å²) < 4.78 is 8.38. The smallest absolute Gasteiger partial charge is 0.234 e. The zero-order valence-electron chi connectivity index (χ0n) is 17.2. The number of aromatic nitrogens is 4. The SMILES string of the molecule is CCOc1ccc(-n2c(SCC(=O)Nc3cccc(Br)c3)nnc2-c2cccnc2)cc1. The molecule has 162 valence electrons. The van der Waals surface area contributed by atoms with E-state index in [2.05, 4.69) is 36.4 Å². The zero-order chi connectivity index (χ0) is 22.3. The van der Waals surface area contributed by atoms with Crippen molar-refractivity contribution in [3.8, 4) is 22.8 Å². The van der Waals surface area contributed by atoms with Gasteiger partial charge in [0.1, 0.15) is 5.75 Å². The fourth-order valence-corrected chi connectivity index (χ4v) is 4.18. The van der Waals surface area contributed by atoms with Gasteiger partial charge in [-0.1, -0.05) is 33.8 Å². The molecule has 1 amide bonds. The van der Waals surface area contributed by atoms with Crippen LogP contribution >= 0.6 is 27.7 Å². The molecule has 9 heteroatoms. The number of ether oxygens (including phenoxy) is 1. The summed E-state index contributed by atoms with van der Waals surface area (Å²) in [6, 6.07) is 18.9. The predicted molar refractivity (Wildman–Crippen MR) is 129 cm³/mol. The summed E-state index contributed by atoms with van der Waals surface area (Å²) in [6.45, 7) is 2.54. The Morgan fingerprint density at radius 2 is 1.97 bits per heavy atom. The molecule has 0 bridgehead atoms. The van der Waals surface area contributed by atoms with Crippen molar-refractivity contribution in [2.75, 3.05) is 17.7 Å². The third kappa shape index (κ3) is 5.35. The van der Waals surface area contributed by atoms with Crippen molar-refractivity contribution >= 4 is 39.3 Å². The van der Waals surface area contributed by atoms with Gasteiger partial charge in [0.05, 0.1) is 12.4 Å². The number of benzene rings is 2. The van der Waals surface area contributed by atoms with Gasteiger partial charge < -0.3 is 10.1 Å². The normalized spacial score (nSPS) is 10.7. The van der Waals surface area contributed by atoms with E-state index in [4.69, 9.17) is 4.74 Å². The van der Waals surface area contributed by atoms with Gasteiger partial charge in [-0.2, -0.15) is 0 Å². The molecule has 7 nitrogen and oxygen atoms in total. The molecule has 0 aliphatic carbocycles. The minimum Gasteiger partial charge on any atom is -0.494 e. The minimum absolute atomic E-state index is 0.128. The number of anilines is 1. The molecule has 32 heavy (non-hydrogen) atoms. The molecule has 0 saturated carbocycles. The van der Waals surface area contributed by atoms with Gasteiger partial charge in [-0.15, -0.1) is 10.2 Å². The average molecular weight is 510 g/mol. The van der Waals surface area contributed by atoms with Crippen LogP contribution in [0.2, 0.25) is 0 Å². The van der Waals surface area contributed by atoms with Crippen LogP contribution in [-0.2, 0) is 4.79 Å². The Labute approximate surface area is 198 Å². The standard InChI is InChI=1S/C23H20BrN5O2S/c1-2-31-20-10-8-19(9-11-20)29-22(16-5-4-12-25-14-16)27-28-23(29)32-15-21(30)26-18-7-3-6-17(24)13-18/h3-14H,2,15H2,1H3,(H,26,30). The number of amides is 1. The van der Waals surface area contributed by atoms with Crippen LogP contribution in [0.3, 0.4) is 0 Å². The molecular weight excluding hydrogens is 490 g/mol. The third-order valence-electron chi connectivity index (χ3n) is 4.40. The molecule has 0 aliphatic rings. The summed E-state index contributed by atoms with van der Waals surface area (Å²) in [6.07, 6.45) is 3.45. The molecule has 2 aromatic heterocycles. The lowest BCUT2D eigenvalue weighted by Crippen LogP contribution is -2.14. The molecule has 4 aromatic rings. The monoisotopic (exact) mass is 509 g/mol. The van der Waals surface area contributed by atoms with E-state index in [1.807, 2.05) is 72.2 Å². The predicted octanol–water partition coefficient (Wildman–Crippen LogP) is 5.22. The number of carbonyl (C=O) groups excluding carboxylic acids is 1. The van der Waals surface area contributed by atoms with Crippen LogP contribution < -0.4 is 10.1 Å². The van der Waals surface area contributed by atoms with Gasteiger partial charge in [0, 0.05) is 33.8 Å². The maximum absolute atomic E-state index is 12.5. The highest BCUT2D eigenvalue weighted by atomic mass is 79.9. The van der Waals surface area contributed by atoms with E-state index in [9.17, 15) is 4.79 Å². The number of nitrogens with zero attached hydrogens (tertiary/aromatic N) is 4. The molecule has 0 unspecified atom stereocenters. The molecule has 0 spiro atoms. The number of carbonyl (C=O) groups is 1. The number of nitrogens with one attached hydrogen (secondary N) is 1. The number of hydrogen-bond donors (Lipinski definition) is 1. The van der Waals surface area contributed by atoms with E-state index in [1.54, 1.807) is 12.4 Å². The van der Waals surface area contributed by atoms with E-state index >= 15 is 0 Å². The maximum Gasteiger partial charge on any atom is 0.234 e. The zero-order valence-corrected chi connectivity index (χ0v) is 19.6. The number of halogens is 1. The van der Waals surface area contributed by atoms with Gasteiger partial charge in [-0.25, -0.2) is 0 Å². The van der Waals surface area contributed by atoms with E-state index < -0.39 is 0 Å². The molecule has 0 aliphatic heterocycles. The summed E-state index contributed by atoms with van der Waals surface area (Å²) in [5.74, 6) is 1.50. The van der Waals surface area contributed by atoms with E-state index in [1.165, 1.54) is 11.8 Å². The highest BCUT2D eigenvalue weighted by Crippen LogP contribution is 2.28. The van der Waals surface area contributed by atoms with E-state index in [0.29, 0.717) is 17.6 Å². The lowest BCUT2D eigenvalue weighted by Gasteiger charge is -2.11. The Morgan fingerprint density at radius 1 is 1.12 bits per heavy atom. The molecule has 0 fully saturated rings. The van der Waals surface area contributed by atoms with Crippen LogP contribution in [0.15, 0.2) is 82.7 Å². The highest BCUT2D eigenvalue weighted by Gasteiger charge is 2.17. The molecule has 0 atom stereocenters. The number of thioether (sulfide) groups is 1. The summed E-state index contributed by atoms with van der Waals surface area (Å²) in [5, 5.41) is 12.2. The van der Waals surface area contributed by atoms with Crippen LogP contribution in [0.4, 0.5) is 5.69 Å². The summed E-state index contributed by atoms with van der Waals surface area (Å²) in [5.41, 5.74) is 2.43. The van der Waals surface area contributed by atoms with Gasteiger partial charge in [0.15, 0.2) is 11.0 Å². The Hall–Kier alpha value is -3.17. The van der Waals surface area contributed by atoms with Crippen LogP contribution in [0, 0.1) is 0 Å². The van der Waals surface area contributed by atoms with Crippen molar-refractivity contribution in [2.24, 2.45) is 0 Å². The Bertz CT molecular complexity index is 1200. The Morgan fingerprint density at radius 3 is 2.69 bits per heavy atom.